The highest BCUT2D eigenvalue weighted by Gasteiger charge is 2.39. The fourth-order valence-electron chi connectivity index (χ4n) is 4.22. The standard InChI is InChI=1S/C20H28BrN3O3S/c21-17-13-16-7-11-24(20(25)15-5-6-15)19(16)18(14-17)28(26,27)22-8-12-23-9-3-1-2-4-10-23/h13-15,22H,1-12H2. The van der Waals surface area contributed by atoms with Crippen LogP contribution in [0, 0.1) is 5.92 Å². The molecule has 4 rings (SSSR count). The Morgan fingerprint density at radius 2 is 1.82 bits per heavy atom. The normalized spacial score (nSPS) is 20.8. The van der Waals surface area contributed by atoms with Crippen LogP contribution in [0.5, 0.6) is 0 Å². The lowest BCUT2D eigenvalue weighted by Crippen LogP contribution is -2.36. The molecule has 154 valence electrons. The molecule has 2 fully saturated rings. The number of fused-ring (bicyclic) bond motifs is 1. The van der Waals surface area contributed by atoms with Crippen LogP contribution in [0.15, 0.2) is 21.5 Å². The molecule has 8 heteroatoms. The van der Waals surface area contributed by atoms with E-state index in [9.17, 15) is 13.2 Å². The Morgan fingerprint density at radius 1 is 1.11 bits per heavy atom. The van der Waals surface area contributed by atoms with Gasteiger partial charge in [0, 0.05) is 30.0 Å². The molecule has 28 heavy (non-hydrogen) atoms. The number of hydrogen-bond donors (Lipinski definition) is 1. The van der Waals surface area contributed by atoms with Gasteiger partial charge < -0.3 is 9.80 Å². The third-order valence-electron chi connectivity index (χ3n) is 5.89. The zero-order chi connectivity index (χ0) is 19.7. The van der Waals surface area contributed by atoms with E-state index in [1.165, 1.54) is 25.7 Å². The zero-order valence-electron chi connectivity index (χ0n) is 16.1. The Balaban J connectivity index is 1.51. The predicted molar refractivity (Wildman–Crippen MR) is 113 cm³/mol. The molecule has 2 aliphatic heterocycles. The van der Waals surface area contributed by atoms with Crippen molar-refractivity contribution in [2.45, 2.75) is 49.8 Å². The van der Waals surface area contributed by atoms with Gasteiger partial charge in [0.1, 0.15) is 4.90 Å². The number of sulfonamides is 1. The van der Waals surface area contributed by atoms with Crippen LogP contribution < -0.4 is 9.62 Å². The molecule has 1 aromatic rings. The third-order valence-corrected chi connectivity index (χ3v) is 7.83. The molecular weight excluding hydrogens is 442 g/mol. The average molecular weight is 470 g/mol. The maximum Gasteiger partial charge on any atom is 0.242 e. The van der Waals surface area contributed by atoms with Gasteiger partial charge in [0.25, 0.3) is 0 Å². The van der Waals surface area contributed by atoms with Gasteiger partial charge in [-0.05, 0) is 62.9 Å². The van der Waals surface area contributed by atoms with Crippen LogP contribution in [-0.2, 0) is 21.2 Å². The SMILES string of the molecule is O=C(C1CC1)N1CCc2cc(Br)cc(S(=O)(=O)NCCN3CCCCCC3)c21. The first-order valence-corrected chi connectivity index (χ1v) is 12.6. The van der Waals surface area contributed by atoms with Gasteiger partial charge in [0.15, 0.2) is 0 Å². The fraction of sp³-hybridized carbons (Fsp3) is 0.650. The van der Waals surface area contributed by atoms with Crippen molar-refractivity contribution >= 4 is 37.5 Å². The summed E-state index contributed by atoms with van der Waals surface area (Å²) < 4.78 is 29.7. The van der Waals surface area contributed by atoms with E-state index in [0.29, 0.717) is 25.2 Å². The monoisotopic (exact) mass is 469 g/mol. The molecule has 0 unspecified atom stereocenters. The molecule has 1 aliphatic carbocycles. The van der Waals surface area contributed by atoms with E-state index in [2.05, 4.69) is 25.6 Å². The van der Waals surface area contributed by atoms with E-state index in [4.69, 9.17) is 0 Å². The summed E-state index contributed by atoms with van der Waals surface area (Å²) in [5.41, 5.74) is 1.51. The lowest BCUT2D eigenvalue weighted by Gasteiger charge is -2.22. The van der Waals surface area contributed by atoms with Crippen molar-refractivity contribution in [2.24, 2.45) is 5.92 Å². The van der Waals surface area contributed by atoms with Gasteiger partial charge in [0.05, 0.1) is 5.69 Å². The number of nitrogens with one attached hydrogen (secondary N) is 1. The quantitative estimate of drug-likeness (QED) is 0.695. The Hall–Kier alpha value is -0.960. The van der Waals surface area contributed by atoms with Crippen molar-refractivity contribution in [3.8, 4) is 0 Å². The van der Waals surface area contributed by atoms with Gasteiger partial charge in [0.2, 0.25) is 15.9 Å². The summed E-state index contributed by atoms with van der Waals surface area (Å²) in [6.45, 7) is 3.76. The van der Waals surface area contributed by atoms with Crippen molar-refractivity contribution in [1.82, 2.24) is 9.62 Å². The number of amides is 1. The molecule has 2 heterocycles. The first kappa shape index (κ1) is 20.3. The van der Waals surface area contributed by atoms with Gasteiger partial charge in [-0.3, -0.25) is 4.79 Å². The Bertz CT molecular complexity index is 846. The van der Waals surface area contributed by atoms with Crippen molar-refractivity contribution in [3.63, 3.8) is 0 Å². The lowest BCUT2D eigenvalue weighted by molar-refractivity contribution is -0.119. The summed E-state index contributed by atoms with van der Waals surface area (Å²) in [6, 6.07) is 3.57. The maximum absolute atomic E-state index is 13.1. The number of rotatable bonds is 6. The highest BCUT2D eigenvalue weighted by atomic mass is 79.9. The van der Waals surface area contributed by atoms with E-state index in [0.717, 1.165) is 42.5 Å². The van der Waals surface area contributed by atoms with Crippen molar-refractivity contribution in [1.29, 1.82) is 0 Å². The first-order chi connectivity index (χ1) is 13.5. The van der Waals surface area contributed by atoms with Crippen LogP contribution in [-0.4, -0.2) is 51.9 Å². The summed E-state index contributed by atoms with van der Waals surface area (Å²) in [5, 5.41) is 0. The van der Waals surface area contributed by atoms with Gasteiger partial charge in [-0.1, -0.05) is 28.8 Å². The summed E-state index contributed by atoms with van der Waals surface area (Å²) in [5.74, 6) is 0.142. The van der Waals surface area contributed by atoms with Crippen molar-refractivity contribution < 1.29 is 13.2 Å². The predicted octanol–water partition coefficient (Wildman–Crippen LogP) is 2.90. The average Bonchev–Trinajstić information content (AvgIpc) is 3.45. The van der Waals surface area contributed by atoms with Crippen LogP contribution in [0.25, 0.3) is 0 Å². The Kier molecular flexibility index (Phi) is 6.11. The minimum Gasteiger partial charge on any atom is -0.310 e. The highest BCUT2D eigenvalue weighted by molar-refractivity contribution is 9.10. The van der Waals surface area contributed by atoms with E-state index in [1.54, 1.807) is 11.0 Å². The highest BCUT2D eigenvalue weighted by Crippen LogP contribution is 2.41. The molecule has 3 aliphatic rings. The maximum atomic E-state index is 13.1. The van der Waals surface area contributed by atoms with E-state index >= 15 is 0 Å². The number of anilines is 1. The van der Waals surface area contributed by atoms with Gasteiger partial charge in [-0.15, -0.1) is 0 Å². The zero-order valence-corrected chi connectivity index (χ0v) is 18.5. The summed E-state index contributed by atoms with van der Waals surface area (Å²) in [6.07, 6.45) is 7.42. The molecule has 0 radical (unpaired) electrons. The number of carbonyl (C=O) groups excluding carboxylic acids is 1. The molecule has 0 atom stereocenters. The van der Waals surface area contributed by atoms with Crippen LogP contribution in [0.1, 0.15) is 44.1 Å². The minimum absolute atomic E-state index is 0.0705. The van der Waals surface area contributed by atoms with Gasteiger partial charge >= 0.3 is 0 Å². The largest absolute Gasteiger partial charge is 0.310 e. The molecule has 0 bridgehead atoms. The Labute approximate surface area is 175 Å². The van der Waals surface area contributed by atoms with Crippen molar-refractivity contribution in [2.75, 3.05) is 37.6 Å². The Morgan fingerprint density at radius 3 is 2.50 bits per heavy atom. The second kappa shape index (κ2) is 8.42. The summed E-state index contributed by atoms with van der Waals surface area (Å²) in [4.78, 5) is 16.9. The molecule has 6 nitrogen and oxygen atoms in total. The lowest BCUT2D eigenvalue weighted by atomic mass is 10.2. The molecule has 1 N–H and O–H groups in total. The van der Waals surface area contributed by atoms with E-state index in [-0.39, 0.29) is 16.7 Å². The second-order valence-corrected chi connectivity index (χ2v) is 10.7. The molecule has 1 saturated heterocycles. The second-order valence-electron chi connectivity index (χ2n) is 8.08. The molecule has 0 aromatic heterocycles. The number of hydrogen-bond acceptors (Lipinski definition) is 4. The van der Waals surface area contributed by atoms with E-state index < -0.39 is 10.0 Å². The minimum atomic E-state index is -3.69. The molecule has 1 amide bonds. The number of halogens is 1. The number of benzene rings is 1. The van der Waals surface area contributed by atoms with Crippen LogP contribution >= 0.6 is 15.9 Å². The van der Waals surface area contributed by atoms with Crippen molar-refractivity contribution in [3.05, 3.63) is 22.2 Å². The molecular formula is C20H28BrN3O3S. The fourth-order valence-corrected chi connectivity index (χ4v) is 6.17. The van der Waals surface area contributed by atoms with Gasteiger partial charge in [-0.2, -0.15) is 0 Å². The van der Waals surface area contributed by atoms with Gasteiger partial charge in [-0.25, -0.2) is 13.1 Å². The number of likely N-dealkylation sites (tertiary alicyclic amines) is 1. The van der Waals surface area contributed by atoms with Crippen LogP contribution in [0.2, 0.25) is 0 Å². The topological polar surface area (TPSA) is 69.7 Å². The molecule has 1 aromatic carbocycles. The van der Waals surface area contributed by atoms with Crippen LogP contribution in [0.3, 0.4) is 0 Å². The third kappa shape index (κ3) is 4.45. The number of carbonyl (C=O) groups is 1. The van der Waals surface area contributed by atoms with E-state index in [1.807, 2.05) is 6.07 Å². The first-order valence-electron chi connectivity index (χ1n) is 10.3. The summed E-state index contributed by atoms with van der Waals surface area (Å²) >= 11 is 3.44. The molecule has 0 spiro atoms. The number of nitrogens with zero attached hydrogens (tertiary/aromatic N) is 2. The summed E-state index contributed by atoms with van der Waals surface area (Å²) in [7, 11) is -3.69. The molecule has 1 saturated carbocycles. The smallest absolute Gasteiger partial charge is 0.242 e. The van der Waals surface area contributed by atoms with Crippen LogP contribution in [0.4, 0.5) is 5.69 Å².